The minimum absolute atomic E-state index is 0.136. The molecule has 0 aliphatic carbocycles. The Morgan fingerprint density at radius 2 is 1.71 bits per heavy atom. The Balaban J connectivity index is 2.06. The molecule has 1 N–H and O–H groups in total. The van der Waals surface area contributed by atoms with E-state index in [2.05, 4.69) is 0 Å². The van der Waals surface area contributed by atoms with Gasteiger partial charge in [-0.05, 0) is 42.2 Å². The van der Waals surface area contributed by atoms with Crippen molar-refractivity contribution in [3.8, 4) is 11.5 Å². The highest BCUT2D eigenvalue weighted by Gasteiger charge is 2.16. The van der Waals surface area contributed by atoms with Gasteiger partial charge in [0.15, 0.2) is 0 Å². The van der Waals surface area contributed by atoms with E-state index in [9.17, 15) is 5.11 Å². The van der Waals surface area contributed by atoms with Crippen LogP contribution in [0.5, 0.6) is 11.5 Å². The molecule has 0 saturated carbocycles. The Morgan fingerprint density at radius 3 is 2.43 bits per heavy atom. The zero-order chi connectivity index (χ0) is 15.1. The summed E-state index contributed by atoms with van der Waals surface area (Å²) >= 11 is 0. The zero-order valence-electron chi connectivity index (χ0n) is 12.5. The number of aliphatic hydroxyl groups is 1. The van der Waals surface area contributed by atoms with Crippen LogP contribution in [-0.4, -0.2) is 18.8 Å². The quantitative estimate of drug-likeness (QED) is 0.829. The van der Waals surface area contributed by atoms with Crippen molar-refractivity contribution in [3.05, 3.63) is 60.2 Å². The molecule has 0 amide bonds. The number of aliphatic hydroxyl groups excluding tert-OH is 1. The van der Waals surface area contributed by atoms with E-state index < -0.39 is 6.10 Å². The van der Waals surface area contributed by atoms with Crippen molar-refractivity contribution in [2.75, 3.05) is 13.7 Å². The van der Waals surface area contributed by atoms with Crippen molar-refractivity contribution in [3.63, 3.8) is 0 Å². The van der Waals surface area contributed by atoms with E-state index in [1.54, 1.807) is 7.11 Å². The van der Waals surface area contributed by atoms with Gasteiger partial charge >= 0.3 is 0 Å². The molecule has 21 heavy (non-hydrogen) atoms. The van der Waals surface area contributed by atoms with Crippen LogP contribution in [0.15, 0.2) is 54.6 Å². The Kier molecular flexibility index (Phi) is 5.78. The highest BCUT2D eigenvalue weighted by molar-refractivity contribution is 5.34. The lowest BCUT2D eigenvalue weighted by Crippen LogP contribution is -2.11. The summed E-state index contributed by atoms with van der Waals surface area (Å²) in [6.07, 6.45) is 0.306. The number of methoxy groups -OCH3 is 1. The second-order valence-electron chi connectivity index (χ2n) is 5.19. The molecule has 0 aromatic heterocycles. The highest BCUT2D eigenvalue weighted by Crippen LogP contribution is 2.29. The van der Waals surface area contributed by atoms with Crippen LogP contribution >= 0.6 is 0 Å². The van der Waals surface area contributed by atoms with Crippen LogP contribution in [0.4, 0.5) is 0 Å². The van der Waals surface area contributed by atoms with E-state index in [0.29, 0.717) is 6.61 Å². The molecule has 0 heterocycles. The summed E-state index contributed by atoms with van der Waals surface area (Å²) < 4.78 is 10.9. The lowest BCUT2D eigenvalue weighted by Gasteiger charge is -2.19. The average molecular weight is 286 g/mol. The first-order chi connectivity index (χ1) is 10.2. The molecule has 3 heteroatoms. The van der Waals surface area contributed by atoms with Crippen LogP contribution in [0.3, 0.4) is 0 Å². The van der Waals surface area contributed by atoms with Crippen LogP contribution in [0, 0.1) is 5.92 Å². The molecule has 2 rings (SSSR count). The van der Waals surface area contributed by atoms with Crippen molar-refractivity contribution >= 4 is 0 Å². The highest BCUT2D eigenvalue weighted by atomic mass is 16.5. The molecule has 112 valence electrons. The number of rotatable bonds is 7. The van der Waals surface area contributed by atoms with Gasteiger partial charge in [-0.1, -0.05) is 37.3 Å². The SMILES string of the molecule is COCCC(C)C(O)c1cccc(Oc2ccccc2)c1. The van der Waals surface area contributed by atoms with Gasteiger partial charge in [0.1, 0.15) is 11.5 Å². The van der Waals surface area contributed by atoms with Crippen LogP contribution in [0.2, 0.25) is 0 Å². The Morgan fingerprint density at radius 1 is 1.00 bits per heavy atom. The number of para-hydroxylation sites is 1. The first kappa shape index (κ1) is 15.5. The average Bonchev–Trinajstić information content (AvgIpc) is 2.53. The van der Waals surface area contributed by atoms with Crippen molar-refractivity contribution in [2.24, 2.45) is 5.92 Å². The van der Waals surface area contributed by atoms with Crippen LogP contribution in [-0.2, 0) is 4.74 Å². The maximum atomic E-state index is 10.4. The van der Waals surface area contributed by atoms with Crippen LogP contribution in [0.25, 0.3) is 0 Å². The van der Waals surface area contributed by atoms with Crippen molar-refractivity contribution < 1.29 is 14.6 Å². The number of hydrogen-bond donors (Lipinski definition) is 1. The van der Waals surface area contributed by atoms with E-state index in [1.807, 2.05) is 61.5 Å². The van der Waals surface area contributed by atoms with Crippen molar-refractivity contribution in [2.45, 2.75) is 19.4 Å². The zero-order valence-corrected chi connectivity index (χ0v) is 12.5. The molecule has 0 radical (unpaired) electrons. The van der Waals surface area contributed by atoms with Gasteiger partial charge in [-0.15, -0.1) is 0 Å². The third-order valence-corrected chi connectivity index (χ3v) is 3.49. The van der Waals surface area contributed by atoms with E-state index in [-0.39, 0.29) is 5.92 Å². The minimum Gasteiger partial charge on any atom is -0.457 e. The molecule has 0 bridgehead atoms. The largest absolute Gasteiger partial charge is 0.457 e. The summed E-state index contributed by atoms with van der Waals surface area (Å²) in [7, 11) is 1.67. The monoisotopic (exact) mass is 286 g/mol. The van der Waals surface area contributed by atoms with Crippen molar-refractivity contribution in [1.29, 1.82) is 0 Å². The third-order valence-electron chi connectivity index (χ3n) is 3.49. The van der Waals surface area contributed by atoms with Gasteiger partial charge in [0.2, 0.25) is 0 Å². The van der Waals surface area contributed by atoms with Crippen LogP contribution < -0.4 is 4.74 Å². The van der Waals surface area contributed by atoms with Crippen LogP contribution in [0.1, 0.15) is 25.0 Å². The molecule has 2 unspecified atom stereocenters. The molecular formula is C18H22O3. The smallest absolute Gasteiger partial charge is 0.127 e. The van der Waals surface area contributed by atoms with Gasteiger partial charge in [-0.2, -0.15) is 0 Å². The summed E-state index contributed by atoms with van der Waals surface area (Å²) in [4.78, 5) is 0. The predicted octanol–water partition coefficient (Wildman–Crippen LogP) is 4.18. The van der Waals surface area contributed by atoms with Gasteiger partial charge in [0.05, 0.1) is 6.10 Å². The van der Waals surface area contributed by atoms with Crippen molar-refractivity contribution in [1.82, 2.24) is 0 Å². The Bertz CT molecular complexity index is 539. The fraction of sp³-hybridized carbons (Fsp3) is 0.333. The number of ether oxygens (including phenoxy) is 2. The first-order valence-corrected chi connectivity index (χ1v) is 7.20. The molecule has 0 fully saturated rings. The summed E-state index contributed by atoms with van der Waals surface area (Å²) in [6, 6.07) is 17.2. The Hall–Kier alpha value is -1.84. The lowest BCUT2D eigenvalue weighted by molar-refractivity contribution is 0.0885. The molecule has 2 aromatic rings. The van der Waals surface area contributed by atoms with Gasteiger partial charge in [0, 0.05) is 13.7 Å². The summed E-state index contributed by atoms with van der Waals surface area (Å²) in [5, 5.41) is 10.4. The molecular weight excluding hydrogens is 264 g/mol. The summed E-state index contributed by atoms with van der Waals surface area (Å²) in [5.41, 5.74) is 0.868. The number of hydrogen-bond acceptors (Lipinski definition) is 3. The van der Waals surface area contributed by atoms with Gasteiger partial charge in [-0.25, -0.2) is 0 Å². The molecule has 0 aliphatic heterocycles. The van der Waals surface area contributed by atoms with E-state index >= 15 is 0 Å². The number of benzene rings is 2. The first-order valence-electron chi connectivity index (χ1n) is 7.20. The second kappa shape index (κ2) is 7.81. The second-order valence-corrected chi connectivity index (χ2v) is 5.19. The predicted molar refractivity (Wildman–Crippen MR) is 83.6 cm³/mol. The minimum atomic E-state index is -0.514. The van der Waals surface area contributed by atoms with Gasteiger partial charge < -0.3 is 14.6 Å². The molecule has 3 nitrogen and oxygen atoms in total. The third kappa shape index (κ3) is 4.59. The molecule has 0 spiro atoms. The molecule has 2 aromatic carbocycles. The fourth-order valence-electron chi connectivity index (χ4n) is 2.18. The topological polar surface area (TPSA) is 38.7 Å². The molecule has 0 saturated heterocycles. The van der Waals surface area contributed by atoms with Gasteiger partial charge in [-0.3, -0.25) is 0 Å². The van der Waals surface area contributed by atoms with E-state index in [0.717, 1.165) is 23.5 Å². The summed E-state index contributed by atoms with van der Waals surface area (Å²) in [5.74, 6) is 1.66. The standard InChI is InChI=1S/C18H22O3/c1-14(11-12-20-2)18(19)15-7-6-10-17(13-15)21-16-8-4-3-5-9-16/h3-10,13-14,18-19H,11-12H2,1-2H3. The van der Waals surface area contributed by atoms with E-state index in [1.165, 1.54) is 0 Å². The maximum Gasteiger partial charge on any atom is 0.127 e. The fourth-order valence-corrected chi connectivity index (χ4v) is 2.18. The maximum absolute atomic E-state index is 10.4. The molecule has 2 atom stereocenters. The lowest BCUT2D eigenvalue weighted by atomic mass is 9.95. The van der Waals surface area contributed by atoms with E-state index in [4.69, 9.17) is 9.47 Å². The Labute approximate surface area is 126 Å². The van der Waals surface area contributed by atoms with Gasteiger partial charge in [0.25, 0.3) is 0 Å². The molecule has 0 aliphatic rings. The normalized spacial score (nSPS) is 13.7. The summed E-state index contributed by atoms with van der Waals surface area (Å²) in [6.45, 7) is 2.67.